The molecule has 0 unspecified atom stereocenters. The van der Waals surface area contributed by atoms with Crippen molar-refractivity contribution in [1.82, 2.24) is 15.0 Å². The van der Waals surface area contributed by atoms with E-state index in [2.05, 4.69) is 67.6 Å². The third-order valence-electron chi connectivity index (χ3n) is 3.04. The van der Waals surface area contributed by atoms with E-state index < -0.39 is 0 Å². The highest BCUT2D eigenvalue weighted by Crippen LogP contribution is 2.31. The minimum atomic E-state index is 0.316. The molecule has 0 aliphatic carbocycles. The van der Waals surface area contributed by atoms with E-state index >= 15 is 0 Å². The van der Waals surface area contributed by atoms with E-state index in [-0.39, 0.29) is 0 Å². The van der Waals surface area contributed by atoms with Crippen LogP contribution in [0.1, 0.15) is 5.56 Å². The number of hydrogen-bond donors (Lipinski definition) is 1. The Morgan fingerprint density at radius 3 is 2.38 bits per heavy atom. The van der Waals surface area contributed by atoms with Crippen LogP contribution in [0.2, 0.25) is 0 Å². The predicted molar refractivity (Wildman–Crippen MR) is 98.1 cm³/mol. The number of aromatic hydroxyl groups is 1. The number of halogens is 2. The molecule has 0 fully saturated rings. The van der Waals surface area contributed by atoms with Crippen molar-refractivity contribution in [3.05, 3.63) is 61.4 Å². The van der Waals surface area contributed by atoms with Crippen LogP contribution in [-0.4, -0.2) is 20.1 Å². The molecular formula is C15H11I2N3O. The number of nitrogens with zero attached hydrogens (tertiary/aromatic N) is 3. The fraction of sp³-hybridized carbons (Fsp3) is 0.0667. The number of benzene rings is 2. The second-order valence-corrected chi connectivity index (χ2v) is 6.90. The van der Waals surface area contributed by atoms with E-state index in [4.69, 9.17) is 0 Å². The molecule has 3 aromatic rings. The Balaban J connectivity index is 1.88. The van der Waals surface area contributed by atoms with Crippen molar-refractivity contribution in [2.75, 3.05) is 0 Å². The van der Waals surface area contributed by atoms with Gasteiger partial charge in [0.25, 0.3) is 0 Å². The molecule has 1 N–H and O–H groups in total. The Morgan fingerprint density at radius 1 is 1.05 bits per heavy atom. The molecule has 0 saturated heterocycles. The van der Waals surface area contributed by atoms with Crippen molar-refractivity contribution in [2.45, 2.75) is 6.54 Å². The van der Waals surface area contributed by atoms with E-state index in [1.54, 1.807) is 0 Å². The fourth-order valence-electron chi connectivity index (χ4n) is 1.99. The van der Waals surface area contributed by atoms with E-state index in [1.807, 2.05) is 41.2 Å². The Hall–Kier alpha value is -1.16. The molecule has 0 amide bonds. The molecule has 21 heavy (non-hydrogen) atoms. The minimum absolute atomic E-state index is 0.316. The molecule has 0 saturated carbocycles. The first-order valence-corrected chi connectivity index (χ1v) is 8.41. The minimum Gasteiger partial charge on any atom is -0.506 e. The van der Waals surface area contributed by atoms with Crippen LogP contribution in [-0.2, 0) is 6.54 Å². The quantitative estimate of drug-likeness (QED) is 0.552. The summed E-state index contributed by atoms with van der Waals surface area (Å²) in [6.07, 6.45) is 1.92. The van der Waals surface area contributed by atoms with Crippen molar-refractivity contribution in [3.63, 3.8) is 0 Å². The van der Waals surface area contributed by atoms with Gasteiger partial charge in [-0.25, -0.2) is 4.68 Å². The smallest absolute Gasteiger partial charge is 0.142 e. The maximum atomic E-state index is 9.82. The van der Waals surface area contributed by atoms with Crippen LogP contribution in [0.15, 0.2) is 48.7 Å². The van der Waals surface area contributed by atoms with Crippen molar-refractivity contribution in [2.24, 2.45) is 0 Å². The molecule has 4 nitrogen and oxygen atoms in total. The van der Waals surface area contributed by atoms with Crippen LogP contribution in [0, 0.1) is 7.14 Å². The van der Waals surface area contributed by atoms with Gasteiger partial charge in [-0.1, -0.05) is 35.5 Å². The van der Waals surface area contributed by atoms with Crippen LogP contribution < -0.4 is 0 Å². The van der Waals surface area contributed by atoms with E-state index in [0.29, 0.717) is 12.3 Å². The van der Waals surface area contributed by atoms with Gasteiger partial charge >= 0.3 is 0 Å². The Morgan fingerprint density at radius 2 is 1.71 bits per heavy atom. The largest absolute Gasteiger partial charge is 0.506 e. The van der Waals surface area contributed by atoms with Gasteiger partial charge in [-0.2, -0.15) is 0 Å². The average molecular weight is 503 g/mol. The van der Waals surface area contributed by atoms with Crippen LogP contribution in [0.25, 0.3) is 11.3 Å². The lowest BCUT2D eigenvalue weighted by atomic mass is 10.1. The summed E-state index contributed by atoms with van der Waals surface area (Å²) in [7, 11) is 0. The molecule has 1 aromatic heterocycles. The van der Waals surface area contributed by atoms with Gasteiger partial charge in [-0.15, -0.1) is 5.10 Å². The molecule has 0 atom stereocenters. The zero-order valence-corrected chi connectivity index (χ0v) is 15.2. The van der Waals surface area contributed by atoms with Gasteiger partial charge in [0.05, 0.1) is 19.9 Å². The Labute approximate surface area is 149 Å². The first kappa shape index (κ1) is 14.8. The predicted octanol–water partition coefficient (Wildman–Crippen LogP) is 3.91. The van der Waals surface area contributed by atoms with Crippen molar-refractivity contribution in [3.8, 4) is 17.0 Å². The second kappa shape index (κ2) is 6.30. The number of aromatic nitrogens is 3. The summed E-state index contributed by atoms with van der Waals surface area (Å²) in [6, 6.07) is 14.0. The average Bonchev–Trinajstić information content (AvgIpc) is 2.94. The highest BCUT2D eigenvalue weighted by Gasteiger charge is 2.10. The highest BCUT2D eigenvalue weighted by atomic mass is 127. The molecular weight excluding hydrogens is 492 g/mol. The van der Waals surface area contributed by atoms with Crippen molar-refractivity contribution in [1.29, 1.82) is 0 Å². The summed E-state index contributed by atoms with van der Waals surface area (Å²) < 4.78 is 3.44. The Bertz CT molecular complexity index is 749. The van der Waals surface area contributed by atoms with Gasteiger partial charge in [0.15, 0.2) is 0 Å². The summed E-state index contributed by atoms with van der Waals surface area (Å²) in [4.78, 5) is 0. The number of hydrogen-bond acceptors (Lipinski definition) is 3. The van der Waals surface area contributed by atoms with Gasteiger partial charge in [-0.05, 0) is 62.9 Å². The molecule has 106 valence electrons. The van der Waals surface area contributed by atoms with Crippen LogP contribution in [0.4, 0.5) is 0 Å². The normalized spacial score (nSPS) is 10.8. The van der Waals surface area contributed by atoms with Gasteiger partial charge in [-0.3, -0.25) is 0 Å². The summed E-state index contributed by atoms with van der Waals surface area (Å²) in [5.74, 6) is 0.316. The summed E-state index contributed by atoms with van der Waals surface area (Å²) >= 11 is 4.24. The SMILES string of the molecule is Oc1c(I)cc(-c2cn(Cc3ccccc3)nn2)cc1I. The summed E-state index contributed by atoms with van der Waals surface area (Å²) in [5, 5.41) is 18.2. The summed E-state index contributed by atoms with van der Waals surface area (Å²) in [6.45, 7) is 0.695. The Kier molecular flexibility index (Phi) is 4.43. The maximum absolute atomic E-state index is 9.82. The van der Waals surface area contributed by atoms with Gasteiger partial charge in [0.2, 0.25) is 0 Å². The molecule has 0 bridgehead atoms. The lowest BCUT2D eigenvalue weighted by Crippen LogP contribution is -1.99. The lowest BCUT2D eigenvalue weighted by Gasteiger charge is -2.03. The van der Waals surface area contributed by atoms with Crippen molar-refractivity contribution < 1.29 is 5.11 Å². The topological polar surface area (TPSA) is 50.9 Å². The lowest BCUT2D eigenvalue weighted by molar-refractivity contribution is 0.468. The molecule has 3 rings (SSSR count). The molecule has 6 heteroatoms. The molecule has 0 aliphatic rings. The van der Waals surface area contributed by atoms with Gasteiger partial charge < -0.3 is 5.11 Å². The number of phenolic OH excluding ortho intramolecular Hbond substituents is 1. The van der Waals surface area contributed by atoms with E-state index in [0.717, 1.165) is 18.4 Å². The second-order valence-electron chi connectivity index (χ2n) is 4.58. The van der Waals surface area contributed by atoms with E-state index in [9.17, 15) is 5.11 Å². The van der Waals surface area contributed by atoms with Gasteiger partial charge in [0.1, 0.15) is 11.4 Å². The summed E-state index contributed by atoms with van der Waals surface area (Å²) in [5.41, 5.74) is 2.95. The zero-order valence-electron chi connectivity index (χ0n) is 10.9. The van der Waals surface area contributed by atoms with Crippen LogP contribution in [0.5, 0.6) is 5.75 Å². The van der Waals surface area contributed by atoms with Crippen LogP contribution in [0.3, 0.4) is 0 Å². The van der Waals surface area contributed by atoms with Crippen LogP contribution >= 0.6 is 45.2 Å². The monoisotopic (exact) mass is 503 g/mol. The maximum Gasteiger partial charge on any atom is 0.142 e. The molecule has 0 aliphatic heterocycles. The molecule has 1 heterocycles. The molecule has 0 spiro atoms. The van der Waals surface area contributed by atoms with E-state index in [1.165, 1.54) is 5.56 Å². The number of phenols is 1. The van der Waals surface area contributed by atoms with Gasteiger partial charge in [0, 0.05) is 5.56 Å². The van der Waals surface area contributed by atoms with Crippen molar-refractivity contribution >= 4 is 45.2 Å². The highest BCUT2D eigenvalue weighted by molar-refractivity contribution is 14.1. The third kappa shape index (κ3) is 3.37. The zero-order chi connectivity index (χ0) is 14.8. The molecule has 2 aromatic carbocycles. The first-order valence-electron chi connectivity index (χ1n) is 6.26. The first-order chi connectivity index (χ1) is 10.1. The third-order valence-corrected chi connectivity index (χ3v) is 4.68. The standard InChI is InChI=1S/C15H11I2N3O/c16-12-6-11(7-13(17)15(12)21)14-9-20(19-18-14)8-10-4-2-1-3-5-10/h1-7,9,21H,8H2. The fourth-order valence-corrected chi connectivity index (χ4v) is 3.76. The molecule has 0 radical (unpaired) electrons. The number of rotatable bonds is 3.